The van der Waals surface area contributed by atoms with Crippen molar-refractivity contribution in [3.63, 3.8) is 0 Å². The summed E-state index contributed by atoms with van der Waals surface area (Å²) in [7, 11) is 0. The molecule has 6 nitrogen and oxygen atoms in total. The third kappa shape index (κ3) is 3.80. The predicted octanol–water partition coefficient (Wildman–Crippen LogP) is 3.70. The van der Waals surface area contributed by atoms with Crippen molar-refractivity contribution < 1.29 is 9.59 Å². The topological polar surface area (TPSA) is 76.0 Å². The largest absolute Gasteiger partial charge is 0.326 e. The number of rotatable bonds is 4. The fourth-order valence-corrected chi connectivity index (χ4v) is 2.69. The van der Waals surface area contributed by atoms with Crippen molar-refractivity contribution in [3.05, 3.63) is 71.5 Å². The van der Waals surface area contributed by atoms with Crippen LogP contribution in [0.2, 0.25) is 0 Å². The number of aromatic nitrogens is 2. The molecule has 0 bridgehead atoms. The minimum absolute atomic E-state index is 0.138. The highest BCUT2D eigenvalue weighted by molar-refractivity contribution is 6.05. The van der Waals surface area contributed by atoms with Gasteiger partial charge >= 0.3 is 0 Å². The average molecular weight is 348 g/mol. The molecule has 6 heteroatoms. The van der Waals surface area contributed by atoms with Crippen LogP contribution in [0.25, 0.3) is 5.69 Å². The van der Waals surface area contributed by atoms with Crippen molar-refractivity contribution >= 4 is 23.2 Å². The van der Waals surface area contributed by atoms with E-state index in [9.17, 15) is 9.59 Å². The van der Waals surface area contributed by atoms with E-state index in [0.29, 0.717) is 16.9 Å². The highest BCUT2D eigenvalue weighted by Gasteiger charge is 2.15. The number of nitrogens with zero attached hydrogens (tertiary/aromatic N) is 2. The Labute approximate surface area is 151 Å². The molecular weight excluding hydrogens is 328 g/mol. The highest BCUT2D eigenvalue weighted by Crippen LogP contribution is 2.18. The van der Waals surface area contributed by atoms with Crippen LogP contribution >= 0.6 is 0 Å². The number of hydrogen-bond acceptors (Lipinski definition) is 3. The zero-order valence-corrected chi connectivity index (χ0v) is 14.9. The predicted molar refractivity (Wildman–Crippen MR) is 102 cm³/mol. The fourth-order valence-electron chi connectivity index (χ4n) is 2.69. The Morgan fingerprint density at radius 1 is 0.962 bits per heavy atom. The maximum absolute atomic E-state index is 12.6. The molecule has 1 aromatic heterocycles. The minimum Gasteiger partial charge on any atom is -0.326 e. The van der Waals surface area contributed by atoms with Gasteiger partial charge in [-0.1, -0.05) is 12.1 Å². The molecule has 3 rings (SSSR count). The molecule has 0 atom stereocenters. The zero-order chi connectivity index (χ0) is 18.7. The van der Waals surface area contributed by atoms with Gasteiger partial charge in [-0.3, -0.25) is 9.59 Å². The lowest BCUT2D eigenvalue weighted by Gasteiger charge is -2.08. The van der Waals surface area contributed by atoms with Gasteiger partial charge in [-0.05, 0) is 55.8 Å². The van der Waals surface area contributed by atoms with Crippen molar-refractivity contribution in [3.8, 4) is 5.69 Å². The van der Waals surface area contributed by atoms with Crippen molar-refractivity contribution in [1.29, 1.82) is 0 Å². The molecule has 2 N–H and O–H groups in total. The van der Waals surface area contributed by atoms with Crippen LogP contribution in [0, 0.1) is 13.8 Å². The third-order valence-electron chi connectivity index (χ3n) is 3.96. The first kappa shape index (κ1) is 17.4. The molecule has 0 aliphatic rings. The summed E-state index contributed by atoms with van der Waals surface area (Å²) in [6, 6.07) is 14.9. The summed E-state index contributed by atoms with van der Waals surface area (Å²) in [4.78, 5) is 23.6. The summed E-state index contributed by atoms with van der Waals surface area (Å²) in [6.07, 6.45) is 1.57. The van der Waals surface area contributed by atoms with Gasteiger partial charge in [0.1, 0.15) is 0 Å². The monoisotopic (exact) mass is 348 g/mol. The van der Waals surface area contributed by atoms with Crippen molar-refractivity contribution in [1.82, 2.24) is 9.78 Å². The molecule has 3 aromatic rings. The Morgan fingerprint density at radius 2 is 1.62 bits per heavy atom. The van der Waals surface area contributed by atoms with E-state index in [1.54, 1.807) is 35.1 Å². The van der Waals surface area contributed by atoms with E-state index in [2.05, 4.69) is 15.7 Å². The highest BCUT2D eigenvalue weighted by atomic mass is 16.2. The quantitative estimate of drug-likeness (QED) is 0.755. The van der Waals surface area contributed by atoms with Crippen molar-refractivity contribution in [2.45, 2.75) is 20.8 Å². The van der Waals surface area contributed by atoms with Crippen LogP contribution in [-0.2, 0) is 4.79 Å². The molecule has 2 aromatic carbocycles. The molecule has 0 aliphatic carbocycles. The fraction of sp³-hybridized carbons (Fsp3) is 0.150. The molecule has 0 spiro atoms. The molecule has 0 radical (unpaired) electrons. The molecule has 0 fully saturated rings. The van der Waals surface area contributed by atoms with E-state index in [0.717, 1.165) is 16.9 Å². The molecule has 0 aliphatic heterocycles. The number of nitrogens with one attached hydrogen (secondary N) is 2. The van der Waals surface area contributed by atoms with Gasteiger partial charge in [0.25, 0.3) is 5.91 Å². The van der Waals surface area contributed by atoms with E-state index in [1.165, 1.54) is 6.92 Å². The number of anilines is 2. The number of carbonyl (C=O) groups is 2. The SMILES string of the molecule is CC(=O)Nc1ccc(NC(=O)c2cnn(-c3cccc(C)c3)c2C)cc1. The van der Waals surface area contributed by atoms with Crippen molar-refractivity contribution in [2.24, 2.45) is 0 Å². The second-order valence-electron chi connectivity index (χ2n) is 6.11. The van der Waals surface area contributed by atoms with Crippen LogP contribution in [0.5, 0.6) is 0 Å². The number of aryl methyl sites for hydroxylation is 1. The normalized spacial score (nSPS) is 10.4. The maximum atomic E-state index is 12.6. The van der Waals surface area contributed by atoms with Gasteiger partial charge in [0.2, 0.25) is 5.91 Å². The van der Waals surface area contributed by atoms with E-state index >= 15 is 0 Å². The maximum Gasteiger partial charge on any atom is 0.259 e. The number of amides is 2. The van der Waals surface area contributed by atoms with Gasteiger partial charge in [-0.25, -0.2) is 4.68 Å². The van der Waals surface area contributed by atoms with E-state index in [1.807, 2.05) is 38.1 Å². The Hall–Kier alpha value is -3.41. The first-order valence-electron chi connectivity index (χ1n) is 8.25. The summed E-state index contributed by atoms with van der Waals surface area (Å²) >= 11 is 0. The molecular formula is C20H20N4O2. The van der Waals surface area contributed by atoms with Crippen LogP contribution in [0.3, 0.4) is 0 Å². The smallest absolute Gasteiger partial charge is 0.259 e. The molecule has 1 heterocycles. The first-order valence-corrected chi connectivity index (χ1v) is 8.25. The van der Waals surface area contributed by atoms with Crippen LogP contribution in [-0.4, -0.2) is 21.6 Å². The summed E-state index contributed by atoms with van der Waals surface area (Å²) in [5.74, 6) is -0.366. The first-order chi connectivity index (χ1) is 12.4. The Kier molecular flexibility index (Phi) is 4.84. The Bertz CT molecular complexity index is 958. The van der Waals surface area contributed by atoms with Crippen LogP contribution < -0.4 is 10.6 Å². The number of carbonyl (C=O) groups excluding carboxylic acids is 2. The van der Waals surface area contributed by atoms with Crippen molar-refractivity contribution in [2.75, 3.05) is 10.6 Å². The summed E-state index contributed by atoms with van der Waals surface area (Å²) in [5, 5.41) is 9.88. The lowest BCUT2D eigenvalue weighted by atomic mass is 10.2. The van der Waals surface area contributed by atoms with Gasteiger partial charge in [-0.2, -0.15) is 5.10 Å². The van der Waals surface area contributed by atoms with Crippen LogP contribution in [0.4, 0.5) is 11.4 Å². The molecule has 0 saturated heterocycles. The van der Waals surface area contributed by atoms with E-state index in [4.69, 9.17) is 0 Å². The van der Waals surface area contributed by atoms with Crippen LogP contribution in [0.1, 0.15) is 28.5 Å². The molecule has 0 saturated carbocycles. The third-order valence-corrected chi connectivity index (χ3v) is 3.96. The second-order valence-corrected chi connectivity index (χ2v) is 6.11. The Balaban J connectivity index is 1.77. The second kappa shape index (κ2) is 7.23. The zero-order valence-electron chi connectivity index (χ0n) is 14.9. The lowest BCUT2D eigenvalue weighted by molar-refractivity contribution is -0.114. The number of benzene rings is 2. The van der Waals surface area contributed by atoms with Gasteiger partial charge in [0, 0.05) is 18.3 Å². The van der Waals surface area contributed by atoms with Gasteiger partial charge in [0.05, 0.1) is 23.1 Å². The molecule has 0 unspecified atom stereocenters. The minimum atomic E-state index is -0.228. The van der Waals surface area contributed by atoms with Gasteiger partial charge < -0.3 is 10.6 Å². The average Bonchev–Trinajstić information content (AvgIpc) is 2.98. The van der Waals surface area contributed by atoms with Gasteiger partial charge in [-0.15, -0.1) is 0 Å². The lowest BCUT2D eigenvalue weighted by Crippen LogP contribution is -2.13. The molecule has 132 valence electrons. The van der Waals surface area contributed by atoms with Gasteiger partial charge in [0.15, 0.2) is 0 Å². The van der Waals surface area contributed by atoms with E-state index in [-0.39, 0.29) is 11.8 Å². The summed E-state index contributed by atoms with van der Waals surface area (Å²) in [5.41, 5.74) is 4.65. The number of hydrogen-bond donors (Lipinski definition) is 2. The standard InChI is InChI=1S/C20H20N4O2/c1-13-5-4-6-18(11-13)24-14(2)19(12-21-24)20(26)23-17-9-7-16(8-10-17)22-15(3)25/h4-12H,1-3H3,(H,22,25)(H,23,26). The summed E-state index contributed by atoms with van der Waals surface area (Å²) < 4.78 is 1.75. The molecule has 2 amide bonds. The van der Waals surface area contributed by atoms with E-state index < -0.39 is 0 Å². The molecule has 26 heavy (non-hydrogen) atoms. The summed E-state index contributed by atoms with van der Waals surface area (Å²) in [6.45, 7) is 5.33. The Morgan fingerprint density at radius 3 is 2.23 bits per heavy atom. The van der Waals surface area contributed by atoms with Crippen LogP contribution in [0.15, 0.2) is 54.7 Å².